The summed E-state index contributed by atoms with van der Waals surface area (Å²) >= 11 is 2.05. The van der Waals surface area contributed by atoms with E-state index in [2.05, 4.69) is 27.7 Å². The van der Waals surface area contributed by atoms with Gasteiger partial charge in [0.2, 0.25) is 0 Å². The monoisotopic (exact) mass is 424 g/mol. The Balaban J connectivity index is 0.00000220. The number of aryl methyl sites for hydroxylation is 2. The van der Waals surface area contributed by atoms with E-state index in [1.165, 1.54) is 18.6 Å². The van der Waals surface area contributed by atoms with Crippen LogP contribution in [0.3, 0.4) is 0 Å². The molecule has 0 spiro atoms. The van der Waals surface area contributed by atoms with Gasteiger partial charge in [0, 0.05) is 30.4 Å². The van der Waals surface area contributed by atoms with Gasteiger partial charge in [-0.2, -0.15) is 11.8 Å². The third-order valence-corrected chi connectivity index (χ3v) is 5.31. The number of aromatic nitrogens is 1. The first-order valence-corrected chi connectivity index (χ1v) is 8.03. The first-order valence-electron chi connectivity index (χ1n) is 7.04. The number of guanidine groups is 1. The molecule has 21 heavy (non-hydrogen) atoms. The number of thioether (sulfide) groups is 1. The SMILES string of the molecule is CN=C(NCc1c(C)noc1C)NCC1(C)CCCS1.I. The van der Waals surface area contributed by atoms with Gasteiger partial charge in [-0.25, -0.2) is 0 Å². The van der Waals surface area contributed by atoms with E-state index in [1.54, 1.807) is 7.05 Å². The number of halogens is 1. The average molecular weight is 424 g/mol. The summed E-state index contributed by atoms with van der Waals surface area (Å²) in [5.41, 5.74) is 2.04. The molecule has 2 rings (SSSR count). The summed E-state index contributed by atoms with van der Waals surface area (Å²) in [6.45, 7) is 7.84. The number of hydrogen-bond donors (Lipinski definition) is 2. The van der Waals surface area contributed by atoms with Gasteiger partial charge in [0.1, 0.15) is 5.76 Å². The van der Waals surface area contributed by atoms with Crippen molar-refractivity contribution in [2.45, 2.75) is 44.9 Å². The van der Waals surface area contributed by atoms with Gasteiger partial charge in [0.15, 0.2) is 5.96 Å². The zero-order valence-electron chi connectivity index (χ0n) is 13.2. The Labute approximate surface area is 148 Å². The summed E-state index contributed by atoms with van der Waals surface area (Å²) < 4.78 is 5.50. The lowest BCUT2D eigenvalue weighted by Gasteiger charge is -2.24. The topological polar surface area (TPSA) is 62.5 Å². The van der Waals surface area contributed by atoms with Crippen LogP contribution in [0.15, 0.2) is 9.52 Å². The molecule has 1 atom stereocenters. The molecule has 0 amide bonds. The van der Waals surface area contributed by atoms with Crippen molar-refractivity contribution >= 4 is 41.7 Å². The number of nitrogens with zero attached hydrogens (tertiary/aromatic N) is 2. The molecule has 1 aliphatic rings. The number of aliphatic imine (C=N–C) groups is 1. The minimum atomic E-state index is 0. The first kappa shape index (κ1) is 18.6. The smallest absolute Gasteiger partial charge is 0.191 e. The highest BCUT2D eigenvalue weighted by molar-refractivity contribution is 14.0. The zero-order valence-corrected chi connectivity index (χ0v) is 16.3. The maximum atomic E-state index is 5.16. The third kappa shape index (κ3) is 5.05. The van der Waals surface area contributed by atoms with Crippen LogP contribution in [0, 0.1) is 13.8 Å². The summed E-state index contributed by atoms with van der Waals surface area (Å²) in [4.78, 5) is 4.27. The lowest BCUT2D eigenvalue weighted by Crippen LogP contribution is -2.43. The molecule has 0 aromatic carbocycles. The summed E-state index contributed by atoms with van der Waals surface area (Å²) in [7, 11) is 1.80. The van der Waals surface area contributed by atoms with E-state index in [0.717, 1.165) is 29.5 Å². The summed E-state index contributed by atoms with van der Waals surface area (Å²) in [5.74, 6) is 2.96. The van der Waals surface area contributed by atoms with Crippen molar-refractivity contribution in [3.8, 4) is 0 Å². The van der Waals surface area contributed by atoms with Crippen molar-refractivity contribution < 1.29 is 4.52 Å². The van der Waals surface area contributed by atoms with E-state index in [9.17, 15) is 0 Å². The Morgan fingerprint density at radius 3 is 2.71 bits per heavy atom. The Morgan fingerprint density at radius 2 is 2.19 bits per heavy atom. The number of nitrogens with one attached hydrogen (secondary N) is 2. The predicted octanol–water partition coefficient (Wildman–Crippen LogP) is 2.86. The van der Waals surface area contributed by atoms with Crippen LogP contribution in [-0.4, -0.2) is 35.2 Å². The average Bonchev–Trinajstić information content (AvgIpc) is 2.99. The van der Waals surface area contributed by atoms with Crippen LogP contribution >= 0.6 is 35.7 Å². The van der Waals surface area contributed by atoms with Crippen LogP contribution in [0.4, 0.5) is 0 Å². The summed E-state index contributed by atoms with van der Waals surface area (Å²) in [5, 5.41) is 10.7. The molecule has 120 valence electrons. The quantitative estimate of drug-likeness (QED) is 0.442. The van der Waals surface area contributed by atoms with Crippen LogP contribution in [0.25, 0.3) is 0 Å². The largest absolute Gasteiger partial charge is 0.361 e. The van der Waals surface area contributed by atoms with Gasteiger partial charge in [-0.1, -0.05) is 5.16 Å². The van der Waals surface area contributed by atoms with Crippen LogP contribution < -0.4 is 10.6 Å². The predicted molar refractivity (Wildman–Crippen MR) is 99.7 cm³/mol. The molecular formula is C14H25IN4OS. The lowest BCUT2D eigenvalue weighted by atomic mass is 10.1. The molecule has 0 radical (unpaired) electrons. The van der Waals surface area contributed by atoms with E-state index in [4.69, 9.17) is 4.52 Å². The second-order valence-electron chi connectivity index (χ2n) is 5.48. The Hall–Kier alpha value is -0.440. The molecule has 0 aliphatic carbocycles. The molecule has 2 N–H and O–H groups in total. The van der Waals surface area contributed by atoms with Crippen LogP contribution in [0.1, 0.15) is 36.8 Å². The molecule has 0 saturated carbocycles. The van der Waals surface area contributed by atoms with Gasteiger partial charge in [-0.15, -0.1) is 24.0 Å². The molecule has 1 saturated heterocycles. The van der Waals surface area contributed by atoms with Crippen molar-refractivity contribution in [2.24, 2.45) is 4.99 Å². The van der Waals surface area contributed by atoms with Gasteiger partial charge in [-0.05, 0) is 39.4 Å². The molecule has 5 nitrogen and oxygen atoms in total. The fourth-order valence-corrected chi connectivity index (χ4v) is 3.64. The third-order valence-electron chi connectivity index (χ3n) is 3.77. The van der Waals surface area contributed by atoms with Crippen molar-refractivity contribution in [1.82, 2.24) is 15.8 Å². The van der Waals surface area contributed by atoms with E-state index in [-0.39, 0.29) is 24.0 Å². The van der Waals surface area contributed by atoms with Crippen LogP contribution in [0.5, 0.6) is 0 Å². The molecular weight excluding hydrogens is 399 g/mol. The number of rotatable bonds is 4. The van der Waals surface area contributed by atoms with Crippen molar-refractivity contribution in [3.63, 3.8) is 0 Å². The Morgan fingerprint density at radius 1 is 1.43 bits per heavy atom. The highest BCUT2D eigenvalue weighted by Gasteiger charge is 2.29. The van der Waals surface area contributed by atoms with Gasteiger partial charge >= 0.3 is 0 Å². The maximum absolute atomic E-state index is 5.16. The van der Waals surface area contributed by atoms with E-state index in [1.807, 2.05) is 25.6 Å². The summed E-state index contributed by atoms with van der Waals surface area (Å²) in [6.07, 6.45) is 2.58. The number of hydrogen-bond acceptors (Lipinski definition) is 4. The zero-order chi connectivity index (χ0) is 14.6. The second kappa shape index (κ2) is 8.26. The fourth-order valence-electron chi connectivity index (χ4n) is 2.39. The Kier molecular flexibility index (Phi) is 7.32. The standard InChI is InChI=1S/C14H24N4OS.HI/c1-10-12(11(2)19-18-10)8-16-13(15-4)17-9-14(3)6-5-7-20-14;/h5-9H2,1-4H3,(H2,15,16,17);1H. The fraction of sp³-hybridized carbons (Fsp3) is 0.714. The van der Waals surface area contributed by atoms with Crippen LogP contribution in [0.2, 0.25) is 0 Å². The van der Waals surface area contributed by atoms with E-state index < -0.39 is 0 Å². The van der Waals surface area contributed by atoms with Gasteiger partial charge in [0.05, 0.1) is 5.69 Å². The minimum absolute atomic E-state index is 0. The lowest BCUT2D eigenvalue weighted by molar-refractivity contribution is 0.392. The molecule has 0 bridgehead atoms. The van der Waals surface area contributed by atoms with E-state index in [0.29, 0.717) is 11.3 Å². The normalized spacial score (nSPS) is 22.0. The summed E-state index contributed by atoms with van der Waals surface area (Å²) in [6, 6.07) is 0. The molecule has 1 fully saturated rings. The van der Waals surface area contributed by atoms with Crippen molar-refractivity contribution in [2.75, 3.05) is 19.3 Å². The highest BCUT2D eigenvalue weighted by Crippen LogP contribution is 2.36. The molecule has 1 unspecified atom stereocenters. The van der Waals surface area contributed by atoms with Gasteiger partial charge < -0.3 is 15.2 Å². The van der Waals surface area contributed by atoms with Crippen LogP contribution in [-0.2, 0) is 6.54 Å². The first-order chi connectivity index (χ1) is 9.54. The second-order valence-corrected chi connectivity index (χ2v) is 7.17. The molecule has 7 heteroatoms. The molecule has 1 aromatic rings. The minimum Gasteiger partial charge on any atom is -0.361 e. The molecule has 2 heterocycles. The molecule has 1 aliphatic heterocycles. The van der Waals surface area contributed by atoms with Crippen molar-refractivity contribution in [1.29, 1.82) is 0 Å². The molecule has 1 aromatic heterocycles. The maximum Gasteiger partial charge on any atom is 0.191 e. The van der Waals surface area contributed by atoms with Crippen molar-refractivity contribution in [3.05, 3.63) is 17.0 Å². The van der Waals surface area contributed by atoms with E-state index >= 15 is 0 Å². The van der Waals surface area contributed by atoms with Gasteiger partial charge in [-0.3, -0.25) is 4.99 Å². The van der Waals surface area contributed by atoms with Gasteiger partial charge in [0.25, 0.3) is 0 Å². The Bertz CT molecular complexity index is 464. The highest BCUT2D eigenvalue weighted by atomic mass is 127.